The van der Waals surface area contributed by atoms with Gasteiger partial charge in [-0.25, -0.2) is 0 Å². The summed E-state index contributed by atoms with van der Waals surface area (Å²) < 4.78 is 0. The van der Waals surface area contributed by atoms with Crippen LogP contribution in [0, 0.1) is 12.8 Å². The Morgan fingerprint density at radius 1 is 1.14 bits per heavy atom. The van der Waals surface area contributed by atoms with E-state index in [1.807, 2.05) is 37.3 Å². The van der Waals surface area contributed by atoms with Crippen molar-refractivity contribution in [1.82, 2.24) is 5.32 Å². The number of nitrogens with one attached hydrogen (secondary N) is 1. The molecule has 0 aromatic heterocycles. The van der Waals surface area contributed by atoms with Gasteiger partial charge in [0.25, 0.3) is 0 Å². The number of aryl methyl sites for hydroxylation is 1. The smallest absolute Gasteiger partial charge is 0.315 e. The van der Waals surface area contributed by atoms with Crippen LogP contribution in [0.2, 0.25) is 0 Å². The summed E-state index contributed by atoms with van der Waals surface area (Å²) in [5.41, 5.74) is 1.24. The molecule has 2 unspecified atom stereocenters. The molecule has 6 nitrogen and oxygen atoms in total. The topological polar surface area (TPSA) is 86.7 Å². The normalized spacial score (nSPS) is 18.6. The molecule has 28 heavy (non-hydrogen) atoms. The zero-order valence-corrected chi connectivity index (χ0v) is 16.0. The van der Waals surface area contributed by atoms with Gasteiger partial charge in [-0.1, -0.05) is 48.0 Å². The lowest BCUT2D eigenvalue weighted by atomic mass is 9.82. The fraction of sp³-hybridized carbons (Fsp3) is 0.318. The number of carboxylic acid groups (broad SMARTS) is 1. The summed E-state index contributed by atoms with van der Waals surface area (Å²) >= 11 is 0. The number of hydrogen-bond donors (Lipinski definition) is 2. The molecule has 1 aliphatic heterocycles. The highest BCUT2D eigenvalue weighted by Gasteiger charge is 2.39. The molecule has 2 aromatic carbocycles. The largest absolute Gasteiger partial charge is 0.481 e. The zero-order valence-electron chi connectivity index (χ0n) is 16.0. The van der Waals surface area contributed by atoms with E-state index in [2.05, 4.69) is 5.32 Å². The number of carbonyl (C=O) groups is 3. The van der Waals surface area contributed by atoms with Crippen molar-refractivity contribution in [1.29, 1.82) is 0 Å². The van der Waals surface area contributed by atoms with Crippen molar-refractivity contribution in [3.8, 4) is 0 Å². The number of anilines is 1. The van der Waals surface area contributed by atoms with E-state index in [1.54, 1.807) is 36.1 Å². The number of carbonyl (C=O) groups excluding carboxylic acids is 2. The van der Waals surface area contributed by atoms with E-state index in [1.165, 1.54) is 0 Å². The summed E-state index contributed by atoms with van der Waals surface area (Å²) in [5.74, 6) is -1.91. The quantitative estimate of drug-likeness (QED) is 0.806. The maximum atomic E-state index is 12.6. The molecule has 6 heteroatoms. The Labute approximate surface area is 164 Å². The molecule has 0 aliphatic carbocycles. The Morgan fingerprint density at radius 2 is 1.79 bits per heavy atom. The minimum Gasteiger partial charge on any atom is -0.481 e. The summed E-state index contributed by atoms with van der Waals surface area (Å²) in [7, 11) is 0. The van der Waals surface area contributed by atoms with Crippen LogP contribution in [-0.2, 0) is 19.8 Å². The first-order valence-corrected chi connectivity index (χ1v) is 9.25. The Kier molecular flexibility index (Phi) is 5.49. The Balaban J connectivity index is 1.67. The predicted octanol–water partition coefficient (Wildman–Crippen LogP) is 2.51. The predicted molar refractivity (Wildman–Crippen MR) is 106 cm³/mol. The van der Waals surface area contributed by atoms with Crippen LogP contribution in [-0.4, -0.2) is 36.0 Å². The maximum absolute atomic E-state index is 12.6. The fourth-order valence-electron chi connectivity index (χ4n) is 3.37. The van der Waals surface area contributed by atoms with Crippen LogP contribution in [0.15, 0.2) is 54.6 Å². The average Bonchev–Trinajstić information content (AvgIpc) is 3.08. The molecule has 1 heterocycles. The second kappa shape index (κ2) is 7.84. The third-order valence-electron chi connectivity index (χ3n) is 5.34. The van der Waals surface area contributed by atoms with Gasteiger partial charge in [-0.2, -0.15) is 0 Å². The van der Waals surface area contributed by atoms with Crippen molar-refractivity contribution in [2.75, 3.05) is 18.0 Å². The molecule has 1 aliphatic rings. The molecule has 1 fully saturated rings. The highest BCUT2D eigenvalue weighted by atomic mass is 16.4. The van der Waals surface area contributed by atoms with Gasteiger partial charge in [0.05, 0.1) is 5.92 Å². The zero-order chi connectivity index (χ0) is 20.3. The number of amides is 2. The molecule has 2 N–H and O–H groups in total. The van der Waals surface area contributed by atoms with Crippen molar-refractivity contribution in [2.45, 2.75) is 25.7 Å². The van der Waals surface area contributed by atoms with Crippen molar-refractivity contribution >= 4 is 23.5 Å². The molecule has 3 rings (SSSR count). The minimum atomic E-state index is -1.24. The lowest BCUT2D eigenvalue weighted by molar-refractivity contribution is -0.143. The van der Waals surface area contributed by atoms with Crippen molar-refractivity contribution in [3.05, 3.63) is 65.7 Å². The van der Waals surface area contributed by atoms with E-state index >= 15 is 0 Å². The standard InChI is InChI=1S/C22H24N2O4/c1-15-8-10-18(11-9-15)24-13-16(12-19(24)25)20(26)23-14-22(2,21(27)28)17-6-4-3-5-7-17/h3-11,16H,12-14H2,1-2H3,(H,23,26)(H,27,28). The van der Waals surface area contributed by atoms with Crippen molar-refractivity contribution in [2.24, 2.45) is 5.92 Å². The lowest BCUT2D eigenvalue weighted by Gasteiger charge is -2.26. The van der Waals surface area contributed by atoms with E-state index in [-0.39, 0.29) is 24.8 Å². The average molecular weight is 380 g/mol. The first-order chi connectivity index (χ1) is 13.3. The summed E-state index contributed by atoms with van der Waals surface area (Å²) in [6.45, 7) is 3.81. The molecular weight excluding hydrogens is 356 g/mol. The number of aliphatic carboxylic acids is 1. The van der Waals surface area contributed by atoms with E-state index in [0.717, 1.165) is 11.3 Å². The van der Waals surface area contributed by atoms with Crippen LogP contribution in [0.4, 0.5) is 5.69 Å². The van der Waals surface area contributed by atoms with Gasteiger partial charge in [-0.05, 0) is 31.5 Å². The molecule has 0 radical (unpaired) electrons. The van der Waals surface area contributed by atoms with Crippen LogP contribution in [0.1, 0.15) is 24.5 Å². The van der Waals surface area contributed by atoms with Crippen molar-refractivity contribution in [3.63, 3.8) is 0 Å². The highest BCUT2D eigenvalue weighted by molar-refractivity contribution is 6.00. The van der Waals surface area contributed by atoms with Gasteiger partial charge in [0.2, 0.25) is 11.8 Å². The van der Waals surface area contributed by atoms with Crippen LogP contribution < -0.4 is 10.2 Å². The van der Waals surface area contributed by atoms with Gasteiger partial charge < -0.3 is 15.3 Å². The number of nitrogens with zero attached hydrogens (tertiary/aromatic N) is 1. The number of benzene rings is 2. The van der Waals surface area contributed by atoms with Gasteiger partial charge in [0.1, 0.15) is 5.41 Å². The molecule has 2 amide bonds. The van der Waals surface area contributed by atoms with Gasteiger partial charge in [0, 0.05) is 25.2 Å². The lowest BCUT2D eigenvalue weighted by Crippen LogP contribution is -2.46. The molecular formula is C22H24N2O4. The van der Waals surface area contributed by atoms with E-state index < -0.39 is 17.3 Å². The minimum absolute atomic E-state index is 0.0413. The Hall–Kier alpha value is -3.15. The third-order valence-corrected chi connectivity index (χ3v) is 5.34. The van der Waals surface area contributed by atoms with Gasteiger partial charge in [-0.3, -0.25) is 14.4 Å². The van der Waals surface area contributed by atoms with E-state index in [4.69, 9.17) is 0 Å². The molecule has 146 valence electrons. The van der Waals surface area contributed by atoms with Gasteiger partial charge >= 0.3 is 5.97 Å². The second-order valence-corrected chi connectivity index (χ2v) is 7.46. The SMILES string of the molecule is Cc1ccc(N2CC(C(=O)NCC(C)(C(=O)O)c3ccccc3)CC2=O)cc1. The number of carboxylic acids is 1. The molecule has 0 spiro atoms. The van der Waals surface area contributed by atoms with Gasteiger partial charge in [0.15, 0.2) is 0 Å². The molecule has 2 aromatic rings. The summed E-state index contributed by atoms with van der Waals surface area (Å²) in [6.07, 6.45) is 0.120. The van der Waals surface area contributed by atoms with Crippen LogP contribution in [0.5, 0.6) is 0 Å². The maximum Gasteiger partial charge on any atom is 0.315 e. The molecule has 0 bridgehead atoms. The van der Waals surface area contributed by atoms with Crippen molar-refractivity contribution < 1.29 is 19.5 Å². The third kappa shape index (κ3) is 3.91. The summed E-state index contributed by atoms with van der Waals surface area (Å²) in [4.78, 5) is 38.5. The second-order valence-electron chi connectivity index (χ2n) is 7.46. The first-order valence-electron chi connectivity index (χ1n) is 9.25. The van der Waals surface area contributed by atoms with Crippen LogP contribution >= 0.6 is 0 Å². The molecule has 1 saturated heterocycles. The monoisotopic (exact) mass is 380 g/mol. The number of hydrogen-bond acceptors (Lipinski definition) is 3. The summed E-state index contributed by atoms with van der Waals surface area (Å²) in [6, 6.07) is 16.4. The fourth-order valence-corrected chi connectivity index (χ4v) is 3.37. The first kappa shape index (κ1) is 19.6. The molecule has 2 atom stereocenters. The number of rotatable bonds is 6. The van der Waals surface area contributed by atoms with E-state index in [0.29, 0.717) is 12.1 Å². The molecule has 0 saturated carbocycles. The summed E-state index contributed by atoms with van der Waals surface area (Å²) in [5, 5.41) is 12.5. The highest BCUT2D eigenvalue weighted by Crippen LogP contribution is 2.27. The van der Waals surface area contributed by atoms with E-state index in [9.17, 15) is 19.5 Å². The van der Waals surface area contributed by atoms with Crippen LogP contribution in [0.3, 0.4) is 0 Å². The Morgan fingerprint density at radius 3 is 2.39 bits per heavy atom. The van der Waals surface area contributed by atoms with Crippen LogP contribution in [0.25, 0.3) is 0 Å². The van der Waals surface area contributed by atoms with Gasteiger partial charge in [-0.15, -0.1) is 0 Å². The Bertz CT molecular complexity index is 879.